The fraction of sp³-hybridized carbons (Fsp3) is 0.872. The molecule has 0 aliphatic heterocycles. The van der Waals surface area contributed by atoms with Gasteiger partial charge >= 0.3 is 0 Å². The van der Waals surface area contributed by atoms with Gasteiger partial charge in [0.1, 0.15) is 30.8 Å². The number of carbonyl (C=O) groups is 6. The summed E-state index contributed by atoms with van der Waals surface area (Å²) in [6, 6.07) is -4.20. The lowest BCUT2D eigenvalue weighted by molar-refractivity contribution is -0.135. The first-order valence-corrected chi connectivity index (χ1v) is 25.1. The molecule has 2 unspecified atom stereocenters. The second kappa shape index (κ2) is 43.2. The van der Waals surface area contributed by atoms with Crippen LogP contribution in [0.15, 0.2) is 0 Å². The van der Waals surface area contributed by atoms with Crippen LogP contribution in [-0.2, 0) is 47.8 Å². The first-order chi connectivity index (χ1) is 31.5. The van der Waals surface area contributed by atoms with Gasteiger partial charge in [0, 0.05) is 26.3 Å². The molecule has 0 heterocycles. The van der Waals surface area contributed by atoms with Crippen LogP contribution < -0.4 is 43.5 Å². The SMILES string of the molecule is CCCCCC(NC(=O)[C@H](CCCCC)NC(=O)C(CCCCC)NC(=O)[C@@H](N)CCCCC)C(=O)N[C@@H](CCCCC)C(=O)NCCCOCCOCCOCCCNC(=O)CON. The van der Waals surface area contributed by atoms with Gasteiger partial charge in [-0.25, -0.2) is 5.90 Å². The lowest BCUT2D eigenvalue weighted by Crippen LogP contribution is -2.58. The Morgan fingerprint density at radius 2 is 0.723 bits per heavy atom. The maximum absolute atomic E-state index is 14.1. The molecule has 6 amide bonds. The molecule has 0 saturated carbocycles. The Bertz CT molecular complexity index is 1250. The van der Waals surface area contributed by atoms with Crippen LogP contribution in [0.25, 0.3) is 0 Å². The lowest BCUT2D eigenvalue weighted by Gasteiger charge is -2.27. The molecule has 0 rings (SSSR count). The number of nitrogens with two attached hydrogens (primary N) is 2. The predicted molar refractivity (Wildman–Crippen MR) is 254 cm³/mol. The monoisotopic (exact) mass is 929 g/mol. The molecule has 0 aliphatic rings. The molecule has 0 aliphatic carbocycles. The van der Waals surface area contributed by atoms with Crippen molar-refractivity contribution in [2.45, 2.75) is 206 Å². The largest absolute Gasteiger partial charge is 0.379 e. The normalized spacial score (nSPS) is 13.5. The van der Waals surface area contributed by atoms with Crippen molar-refractivity contribution in [2.75, 3.05) is 59.3 Å². The number of hydrogen-bond donors (Lipinski definition) is 8. The fourth-order valence-corrected chi connectivity index (χ4v) is 6.89. The Balaban J connectivity index is 5.45. The highest BCUT2D eigenvalue weighted by Crippen LogP contribution is 2.12. The predicted octanol–water partition coefficient (Wildman–Crippen LogP) is 4.11. The standard InChI is InChI=1S/C47H92N8O10/c1-6-11-16-23-37(48)43(57)52-39(25-18-13-8-3)45(59)54-41(27-20-15-10-5)47(61)55-40(26-19-14-9-4)46(60)53-38(24-17-12-7-2)44(58)51-29-22-31-63-33-35-64-34-32-62-30-21-28-50-42(56)36-65-49/h37-41H,6-36,48-49H2,1-5H3,(H,50,56)(H,51,58)(H,52,57)(H,53,60)(H,54,59)(H,55,61)/t37-,38-,39?,40?,41-/m0/s1. The highest BCUT2D eigenvalue weighted by molar-refractivity contribution is 5.95. The van der Waals surface area contributed by atoms with Crippen LogP contribution in [0.5, 0.6) is 0 Å². The van der Waals surface area contributed by atoms with Gasteiger partial charge in [-0.2, -0.15) is 0 Å². The summed E-state index contributed by atoms with van der Waals surface area (Å²) >= 11 is 0. The number of hydrogen-bond acceptors (Lipinski definition) is 12. The van der Waals surface area contributed by atoms with Crippen LogP contribution in [0, 0.1) is 0 Å². The van der Waals surface area contributed by atoms with E-state index >= 15 is 0 Å². The van der Waals surface area contributed by atoms with Crippen LogP contribution in [0.3, 0.4) is 0 Å². The highest BCUT2D eigenvalue weighted by atomic mass is 16.6. The molecule has 0 fully saturated rings. The molecule has 0 spiro atoms. The van der Waals surface area contributed by atoms with E-state index in [0.29, 0.717) is 111 Å². The molecule has 0 aromatic heterocycles. The summed E-state index contributed by atoms with van der Waals surface area (Å²) in [5.74, 6) is 2.55. The topological polar surface area (TPSA) is 264 Å². The third-order valence-corrected chi connectivity index (χ3v) is 10.9. The van der Waals surface area contributed by atoms with Crippen molar-refractivity contribution in [1.29, 1.82) is 0 Å². The van der Waals surface area contributed by atoms with Crippen molar-refractivity contribution in [3.05, 3.63) is 0 Å². The smallest absolute Gasteiger partial charge is 0.248 e. The molecule has 18 nitrogen and oxygen atoms in total. The zero-order chi connectivity index (χ0) is 48.3. The van der Waals surface area contributed by atoms with E-state index in [9.17, 15) is 28.8 Å². The van der Waals surface area contributed by atoms with E-state index in [4.69, 9.17) is 25.8 Å². The highest BCUT2D eigenvalue weighted by Gasteiger charge is 2.31. The molecule has 65 heavy (non-hydrogen) atoms. The van der Waals surface area contributed by atoms with Gasteiger partial charge in [-0.15, -0.1) is 0 Å². The Hall–Kier alpha value is -3.42. The maximum atomic E-state index is 14.1. The van der Waals surface area contributed by atoms with E-state index in [-0.39, 0.29) is 24.3 Å². The number of unbranched alkanes of at least 4 members (excludes halogenated alkanes) is 10. The average Bonchev–Trinajstić information content (AvgIpc) is 3.28. The van der Waals surface area contributed by atoms with Gasteiger partial charge in [-0.3, -0.25) is 33.6 Å². The van der Waals surface area contributed by atoms with E-state index in [2.05, 4.69) is 71.4 Å². The molecule has 0 bridgehead atoms. The van der Waals surface area contributed by atoms with Gasteiger partial charge in [0.2, 0.25) is 35.4 Å². The van der Waals surface area contributed by atoms with Crippen LogP contribution in [0.2, 0.25) is 0 Å². The second-order valence-electron chi connectivity index (χ2n) is 16.8. The molecule has 380 valence electrons. The first kappa shape index (κ1) is 61.6. The fourth-order valence-electron chi connectivity index (χ4n) is 6.89. The van der Waals surface area contributed by atoms with Crippen molar-refractivity contribution in [3.8, 4) is 0 Å². The number of nitrogens with one attached hydrogen (secondary N) is 6. The molecule has 0 aromatic carbocycles. The molecule has 10 N–H and O–H groups in total. The van der Waals surface area contributed by atoms with Crippen LogP contribution in [0.4, 0.5) is 0 Å². The van der Waals surface area contributed by atoms with E-state index in [1.807, 2.05) is 0 Å². The summed E-state index contributed by atoms with van der Waals surface area (Å²) in [7, 11) is 0. The van der Waals surface area contributed by atoms with E-state index in [1.54, 1.807) is 0 Å². The molecule has 0 radical (unpaired) electrons. The third-order valence-electron chi connectivity index (χ3n) is 10.9. The van der Waals surface area contributed by atoms with Crippen molar-refractivity contribution >= 4 is 35.4 Å². The number of carbonyl (C=O) groups excluding carboxylic acids is 6. The first-order valence-electron chi connectivity index (χ1n) is 25.1. The van der Waals surface area contributed by atoms with Gasteiger partial charge in [0.15, 0.2) is 0 Å². The molecular formula is C47H92N8O10. The quantitative estimate of drug-likeness (QED) is 0.0317. The van der Waals surface area contributed by atoms with Crippen molar-refractivity contribution in [3.63, 3.8) is 0 Å². The maximum Gasteiger partial charge on any atom is 0.248 e. The Morgan fingerprint density at radius 1 is 0.400 bits per heavy atom. The Labute approximate surface area is 391 Å². The van der Waals surface area contributed by atoms with Gasteiger partial charge in [-0.1, -0.05) is 131 Å². The number of amides is 6. The van der Waals surface area contributed by atoms with E-state index in [0.717, 1.165) is 83.5 Å². The van der Waals surface area contributed by atoms with Gasteiger partial charge < -0.3 is 51.8 Å². The zero-order valence-electron chi connectivity index (χ0n) is 41.0. The molecule has 0 saturated heterocycles. The van der Waals surface area contributed by atoms with Crippen molar-refractivity contribution < 1.29 is 47.8 Å². The molecule has 0 aromatic rings. The van der Waals surface area contributed by atoms with E-state index in [1.165, 1.54) is 0 Å². The summed E-state index contributed by atoms with van der Waals surface area (Å²) in [5.41, 5.74) is 6.20. The minimum Gasteiger partial charge on any atom is -0.379 e. The minimum absolute atomic E-state index is 0.179. The van der Waals surface area contributed by atoms with Crippen molar-refractivity contribution in [2.24, 2.45) is 11.6 Å². The van der Waals surface area contributed by atoms with Gasteiger partial charge in [-0.05, 0) is 44.9 Å². The van der Waals surface area contributed by atoms with Crippen LogP contribution in [-0.4, -0.2) is 125 Å². The Morgan fingerprint density at radius 3 is 1.09 bits per heavy atom. The van der Waals surface area contributed by atoms with Crippen LogP contribution in [0.1, 0.15) is 176 Å². The Kier molecular flexibility index (Phi) is 40.9. The van der Waals surface area contributed by atoms with Crippen molar-refractivity contribution in [1.82, 2.24) is 31.9 Å². The van der Waals surface area contributed by atoms with Gasteiger partial charge in [0.05, 0.1) is 32.5 Å². The summed E-state index contributed by atoms with van der Waals surface area (Å²) < 4.78 is 16.7. The summed E-state index contributed by atoms with van der Waals surface area (Å²) in [5, 5.41) is 17.3. The summed E-state index contributed by atoms with van der Waals surface area (Å²) in [6.07, 6.45) is 16.2. The lowest BCUT2D eigenvalue weighted by atomic mass is 10.0. The second-order valence-corrected chi connectivity index (χ2v) is 16.8. The summed E-state index contributed by atoms with van der Waals surface area (Å²) in [4.78, 5) is 84.0. The molecule has 5 atom stereocenters. The summed E-state index contributed by atoms with van der Waals surface area (Å²) in [6.45, 7) is 13.5. The van der Waals surface area contributed by atoms with Gasteiger partial charge in [0.25, 0.3) is 0 Å². The average molecular weight is 929 g/mol. The molecular weight excluding hydrogens is 837 g/mol. The van der Waals surface area contributed by atoms with Crippen LogP contribution >= 0.6 is 0 Å². The number of ether oxygens (including phenoxy) is 3. The third kappa shape index (κ3) is 33.7. The zero-order valence-corrected chi connectivity index (χ0v) is 41.0. The number of rotatable bonds is 45. The van der Waals surface area contributed by atoms with E-state index < -0.39 is 47.9 Å². The molecule has 18 heteroatoms. The minimum atomic E-state index is -0.924.